The molecule has 1 aromatic heterocycles. The van der Waals surface area contributed by atoms with E-state index in [1.165, 1.54) is 0 Å². The average Bonchev–Trinajstić information content (AvgIpc) is 2.64. The number of nitrogens with zero attached hydrogens (tertiary/aromatic N) is 2. The van der Waals surface area contributed by atoms with E-state index in [0.29, 0.717) is 29.2 Å². The molecule has 0 aliphatic heterocycles. The Labute approximate surface area is 162 Å². The van der Waals surface area contributed by atoms with E-state index in [4.69, 9.17) is 22.2 Å². The lowest BCUT2D eigenvalue weighted by atomic mass is 10.1. The van der Waals surface area contributed by atoms with E-state index in [-0.39, 0.29) is 10.7 Å². The number of amides is 1. The number of thiocarbonyl (C=S) groups is 1. The van der Waals surface area contributed by atoms with Gasteiger partial charge in [-0.25, -0.2) is 4.68 Å². The van der Waals surface area contributed by atoms with Crippen LogP contribution in [0.3, 0.4) is 0 Å². The van der Waals surface area contributed by atoms with Crippen molar-refractivity contribution in [3.63, 3.8) is 0 Å². The van der Waals surface area contributed by atoms with E-state index in [0.717, 1.165) is 11.1 Å². The third-order valence-electron chi connectivity index (χ3n) is 3.73. The van der Waals surface area contributed by atoms with Crippen LogP contribution in [0.5, 0.6) is 5.75 Å². The molecular weight excluding hydrogens is 364 g/mol. The Hall–Kier alpha value is -3.18. The van der Waals surface area contributed by atoms with E-state index in [2.05, 4.69) is 10.7 Å². The van der Waals surface area contributed by atoms with Crippen LogP contribution in [0.25, 0.3) is 0 Å². The summed E-state index contributed by atoms with van der Waals surface area (Å²) in [6, 6.07) is 10.2. The molecule has 7 nitrogen and oxygen atoms in total. The molecule has 0 saturated heterocycles. The Balaban J connectivity index is 2.09. The predicted molar refractivity (Wildman–Crippen MR) is 107 cm³/mol. The fourth-order valence-electron chi connectivity index (χ4n) is 2.39. The summed E-state index contributed by atoms with van der Waals surface area (Å²) in [6.07, 6.45) is 0.896. The molecule has 1 aromatic carbocycles. The molecule has 0 aliphatic carbocycles. The molecule has 0 radical (unpaired) electrons. The summed E-state index contributed by atoms with van der Waals surface area (Å²) in [5.74, 6) is 0.257. The molecule has 8 heteroatoms. The van der Waals surface area contributed by atoms with Crippen LogP contribution >= 0.6 is 12.2 Å². The van der Waals surface area contributed by atoms with Crippen LogP contribution in [-0.4, -0.2) is 22.3 Å². The summed E-state index contributed by atoms with van der Waals surface area (Å²) < 4.78 is 6.61. The Morgan fingerprint density at radius 1 is 1.30 bits per heavy atom. The third kappa shape index (κ3) is 4.92. The summed E-state index contributed by atoms with van der Waals surface area (Å²) in [5, 5.41) is 11.6. The standard InChI is InChI=1S/C19H20N4O3S/c1-4-9-26-15-7-5-14(6-8-15)17(24)21-19(27)22-23-13(3)10-12(2)16(11-20)18(23)25/h5-8,10H,4,9H2,1-3H3,(H2,21,22,24,27). The maximum Gasteiger partial charge on any atom is 0.287 e. The molecule has 0 bridgehead atoms. The number of nitriles is 1. The average molecular weight is 384 g/mol. The van der Waals surface area contributed by atoms with E-state index >= 15 is 0 Å². The van der Waals surface area contributed by atoms with Gasteiger partial charge in [-0.1, -0.05) is 6.92 Å². The number of aromatic nitrogens is 1. The summed E-state index contributed by atoms with van der Waals surface area (Å²) in [5.41, 5.74) is 3.68. The molecule has 0 aliphatic rings. The molecule has 1 heterocycles. The molecule has 0 atom stereocenters. The molecule has 2 aromatic rings. The van der Waals surface area contributed by atoms with Crippen molar-refractivity contribution in [2.75, 3.05) is 12.0 Å². The Kier molecular flexibility index (Phi) is 6.68. The van der Waals surface area contributed by atoms with Crippen LogP contribution in [0.4, 0.5) is 0 Å². The Morgan fingerprint density at radius 3 is 2.56 bits per heavy atom. The first-order valence-corrected chi connectivity index (χ1v) is 8.76. The number of aryl methyl sites for hydroxylation is 2. The number of benzene rings is 1. The van der Waals surface area contributed by atoms with Gasteiger partial charge in [-0.3, -0.25) is 20.3 Å². The summed E-state index contributed by atoms with van der Waals surface area (Å²) in [7, 11) is 0. The monoisotopic (exact) mass is 384 g/mol. The molecule has 27 heavy (non-hydrogen) atoms. The second-order valence-corrected chi connectivity index (χ2v) is 6.27. The van der Waals surface area contributed by atoms with Gasteiger partial charge in [-0.05, 0) is 68.4 Å². The highest BCUT2D eigenvalue weighted by Gasteiger charge is 2.13. The largest absolute Gasteiger partial charge is 0.494 e. The zero-order valence-corrected chi connectivity index (χ0v) is 16.1. The van der Waals surface area contributed by atoms with Crippen LogP contribution in [0.1, 0.15) is 40.5 Å². The smallest absolute Gasteiger partial charge is 0.287 e. The minimum Gasteiger partial charge on any atom is -0.494 e. The molecule has 0 spiro atoms. The van der Waals surface area contributed by atoms with Crippen molar-refractivity contribution >= 4 is 23.2 Å². The van der Waals surface area contributed by atoms with Gasteiger partial charge in [0.05, 0.1) is 6.61 Å². The first kappa shape index (κ1) is 20.1. The number of pyridine rings is 1. The van der Waals surface area contributed by atoms with Crippen molar-refractivity contribution in [2.24, 2.45) is 0 Å². The van der Waals surface area contributed by atoms with Gasteiger partial charge in [0.25, 0.3) is 11.5 Å². The lowest BCUT2D eigenvalue weighted by Crippen LogP contribution is -2.43. The van der Waals surface area contributed by atoms with Crippen molar-refractivity contribution in [2.45, 2.75) is 27.2 Å². The number of rotatable bonds is 5. The third-order valence-corrected chi connectivity index (χ3v) is 3.92. The topological polar surface area (TPSA) is 96.2 Å². The van der Waals surface area contributed by atoms with Crippen molar-refractivity contribution in [1.82, 2.24) is 9.99 Å². The number of hydrogen-bond acceptors (Lipinski definition) is 5. The zero-order valence-electron chi connectivity index (χ0n) is 15.3. The number of carbonyl (C=O) groups excluding carboxylic acids is 1. The van der Waals surface area contributed by atoms with E-state index < -0.39 is 11.5 Å². The first-order chi connectivity index (χ1) is 12.9. The number of carbonyl (C=O) groups is 1. The van der Waals surface area contributed by atoms with E-state index in [1.54, 1.807) is 44.2 Å². The Bertz CT molecular complexity index is 959. The molecule has 140 valence electrons. The fraction of sp³-hybridized carbons (Fsp3) is 0.263. The quantitative estimate of drug-likeness (QED) is 0.769. The molecule has 1 amide bonds. The minimum atomic E-state index is -0.524. The van der Waals surface area contributed by atoms with Gasteiger partial charge in [-0.15, -0.1) is 0 Å². The first-order valence-electron chi connectivity index (χ1n) is 8.36. The highest BCUT2D eigenvalue weighted by molar-refractivity contribution is 7.80. The lowest BCUT2D eigenvalue weighted by Gasteiger charge is -2.15. The summed E-state index contributed by atoms with van der Waals surface area (Å²) in [6.45, 7) is 6.00. The van der Waals surface area contributed by atoms with Crippen LogP contribution in [-0.2, 0) is 0 Å². The van der Waals surface area contributed by atoms with E-state index in [1.807, 2.05) is 13.0 Å². The highest BCUT2D eigenvalue weighted by Crippen LogP contribution is 2.12. The van der Waals surface area contributed by atoms with Gasteiger partial charge in [0, 0.05) is 11.3 Å². The normalized spacial score (nSPS) is 10.0. The summed E-state index contributed by atoms with van der Waals surface area (Å²) in [4.78, 5) is 24.6. The van der Waals surface area contributed by atoms with Crippen LogP contribution < -0.4 is 21.0 Å². The van der Waals surface area contributed by atoms with Gasteiger partial charge in [-0.2, -0.15) is 5.26 Å². The SMILES string of the molecule is CCCOc1ccc(C(=O)NC(=S)Nn2c(C)cc(C)c(C#N)c2=O)cc1. The van der Waals surface area contributed by atoms with E-state index in [9.17, 15) is 9.59 Å². The van der Waals surface area contributed by atoms with Crippen molar-refractivity contribution in [1.29, 1.82) is 5.26 Å². The van der Waals surface area contributed by atoms with Gasteiger partial charge in [0.2, 0.25) is 0 Å². The molecule has 2 N–H and O–H groups in total. The number of ether oxygens (including phenoxy) is 1. The van der Waals surface area contributed by atoms with Crippen LogP contribution in [0, 0.1) is 25.2 Å². The molecule has 0 saturated carbocycles. The fourth-order valence-corrected chi connectivity index (χ4v) is 2.58. The lowest BCUT2D eigenvalue weighted by molar-refractivity contribution is 0.0977. The number of hydrogen-bond donors (Lipinski definition) is 2. The van der Waals surface area contributed by atoms with Crippen LogP contribution in [0.2, 0.25) is 0 Å². The van der Waals surface area contributed by atoms with Crippen molar-refractivity contribution in [3.05, 3.63) is 63.1 Å². The predicted octanol–water partition coefficient (Wildman–Crippen LogP) is 2.38. The second-order valence-electron chi connectivity index (χ2n) is 5.86. The van der Waals surface area contributed by atoms with Crippen molar-refractivity contribution in [3.8, 4) is 11.8 Å². The molecule has 2 rings (SSSR count). The molecule has 0 fully saturated rings. The molecular formula is C19H20N4O3S. The highest BCUT2D eigenvalue weighted by atomic mass is 32.1. The Morgan fingerprint density at radius 2 is 1.96 bits per heavy atom. The summed E-state index contributed by atoms with van der Waals surface area (Å²) >= 11 is 5.12. The number of nitrogens with one attached hydrogen (secondary N) is 2. The zero-order chi connectivity index (χ0) is 20.0. The minimum absolute atomic E-state index is 0.0184. The van der Waals surface area contributed by atoms with Crippen molar-refractivity contribution < 1.29 is 9.53 Å². The second kappa shape index (κ2) is 8.96. The maximum absolute atomic E-state index is 12.3. The van der Waals surface area contributed by atoms with Crippen LogP contribution in [0.15, 0.2) is 35.1 Å². The van der Waals surface area contributed by atoms with Gasteiger partial charge in [0.1, 0.15) is 17.4 Å². The van der Waals surface area contributed by atoms with Gasteiger partial charge < -0.3 is 4.74 Å². The molecule has 0 unspecified atom stereocenters. The van der Waals surface area contributed by atoms with Gasteiger partial charge >= 0.3 is 0 Å². The maximum atomic E-state index is 12.3. The van der Waals surface area contributed by atoms with Gasteiger partial charge in [0.15, 0.2) is 5.11 Å².